The third-order valence-corrected chi connectivity index (χ3v) is 7.89. The summed E-state index contributed by atoms with van der Waals surface area (Å²) in [4.78, 5) is 5.26. The molecule has 0 fully saturated rings. The van der Waals surface area contributed by atoms with E-state index in [4.69, 9.17) is 9.40 Å². The van der Waals surface area contributed by atoms with E-state index in [1.165, 1.54) is 10.9 Å². The molecule has 194 valence electrons. The maximum Gasteiger partial charge on any atom is 0.149 e. The number of aryl methyl sites for hydroxylation is 1. The van der Waals surface area contributed by atoms with Crippen LogP contribution >= 0.6 is 0 Å². The van der Waals surface area contributed by atoms with Crippen LogP contribution in [0.25, 0.3) is 72.1 Å². The third-order valence-electron chi connectivity index (χ3n) is 7.89. The van der Waals surface area contributed by atoms with E-state index < -0.39 is 0 Å². The highest BCUT2D eigenvalue weighted by Gasteiger charge is 2.24. The van der Waals surface area contributed by atoms with Gasteiger partial charge in [0.1, 0.15) is 17.7 Å². The molecule has 3 heteroatoms. The predicted molar refractivity (Wildman–Crippen MR) is 169 cm³/mol. The number of hydrogen-bond acceptors (Lipinski definition) is 2. The second-order valence-corrected chi connectivity index (χ2v) is 10.5. The molecule has 0 aliphatic heterocycles. The maximum absolute atomic E-state index is 6.19. The summed E-state index contributed by atoms with van der Waals surface area (Å²) in [5, 5.41) is 3.39. The average molecular weight is 527 g/mol. The van der Waals surface area contributed by atoms with E-state index in [1.807, 2.05) is 6.26 Å². The van der Waals surface area contributed by atoms with Crippen molar-refractivity contribution in [2.75, 3.05) is 0 Å². The Balaban J connectivity index is 1.52. The second-order valence-electron chi connectivity index (χ2n) is 10.5. The van der Waals surface area contributed by atoms with Crippen LogP contribution in [-0.2, 0) is 0 Å². The Morgan fingerprint density at radius 2 is 1.17 bits per heavy atom. The van der Waals surface area contributed by atoms with Crippen LogP contribution in [0.5, 0.6) is 0 Å². The van der Waals surface area contributed by atoms with E-state index in [2.05, 4.69) is 145 Å². The van der Waals surface area contributed by atoms with Crippen LogP contribution in [-0.4, -0.2) is 9.55 Å². The summed E-state index contributed by atoms with van der Waals surface area (Å²) in [7, 11) is 0. The molecule has 0 spiro atoms. The van der Waals surface area contributed by atoms with Gasteiger partial charge in [0.05, 0.1) is 22.3 Å². The van der Waals surface area contributed by atoms with E-state index >= 15 is 0 Å². The Morgan fingerprint density at radius 1 is 0.585 bits per heavy atom. The Kier molecular flexibility index (Phi) is 5.36. The van der Waals surface area contributed by atoms with Crippen molar-refractivity contribution < 1.29 is 4.42 Å². The zero-order valence-corrected chi connectivity index (χ0v) is 22.6. The summed E-state index contributed by atoms with van der Waals surface area (Å²) in [6.07, 6.45) is 1.86. The molecule has 41 heavy (non-hydrogen) atoms. The predicted octanol–water partition coefficient (Wildman–Crippen LogP) is 10.2. The standard InChI is InChI=1S/C38H26N2O/c1-25-20-30(26-12-4-2-5-13-26)37(31(21-25)27-14-6-3-7-15-27)40-35-19-11-10-18-34(35)39-38(40)33-24-41-36-23-29-17-9-8-16-28(29)22-32(33)36/h2-24H,1H3. The van der Waals surface area contributed by atoms with Crippen molar-refractivity contribution >= 4 is 32.8 Å². The van der Waals surface area contributed by atoms with Gasteiger partial charge in [-0.2, -0.15) is 0 Å². The highest BCUT2D eigenvalue weighted by Crippen LogP contribution is 2.42. The molecule has 6 aromatic carbocycles. The number of furan rings is 1. The van der Waals surface area contributed by atoms with Gasteiger partial charge < -0.3 is 4.42 Å². The lowest BCUT2D eigenvalue weighted by Gasteiger charge is -2.20. The molecule has 0 saturated carbocycles. The molecule has 0 radical (unpaired) electrons. The first-order valence-corrected chi connectivity index (χ1v) is 13.9. The van der Waals surface area contributed by atoms with Crippen molar-refractivity contribution in [3.8, 4) is 39.3 Å². The number of aromatic nitrogens is 2. The number of fused-ring (bicyclic) bond motifs is 3. The molecule has 2 aromatic heterocycles. The highest BCUT2D eigenvalue weighted by atomic mass is 16.3. The van der Waals surface area contributed by atoms with Crippen LogP contribution in [0.4, 0.5) is 0 Å². The van der Waals surface area contributed by atoms with Crippen LogP contribution in [0.15, 0.2) is 144 Å². The van der Waals surface area contributed by atoms with Crippen LogP contribution in [0.2, 0.25) is 0 Å². The topological polar surface area (TPSA) is 31.0 Å². The largest absolute Gasteiger partial charge is 0.464 e. The highest BCUT2D eigenvalue weighted by molar-refractivity contribution is 6.04. The minimum absolute atomic E-state index is 0.854. The molecular weight excluding hydrogens is 500 g/mol. The van der Waals surface area contributed by atoms with Crippen molar-refractivity contribution in [1.82, 2.24) is 9.55 Å². The number of para-hydroxylation sites is 2. The van der Waals surface area contributed by atoms with Gasteiger partial charge >= 0.3 is 0 Å². The molecule has 0 N–H and O–H groups in total. The molecular formula is C38H26N2O. The van der Waals surface area contributed by atoms with Crippen molar-refractivity contribution in [2.24, 2.45) is 0 Å². The Bertz CT molecular complexity index is 2140. The lowest BCUT2D eigenvalue weighted by atomic mass is 9.93. The second kappa shape index (κ2) is 9.35. The Hall–Kier alpha value is -5.41. The van der Waals surface area contributed by atoms with Gasteiger partial charge in [0.25, 0.3) is 0 Å². The summed E-state index contributed by atoms with van der Waals surface area (Å²) in [5.41, 5.74) is 10.8. The molecule has 8 rings (SSSR count). The number of imidazole rings is 1. The fourth-order valence-electron chi connectivity index (χ4n) is 6.01. The van der Waals surface area contributed by atoms with Gasteiger partial charge in [-0.15, -0.1) is 0 Å². The number of hydrogen-bond donors (Lipinski definition) is 0. The fraction of sp³-hybridized carbons (Fsp3) is 0.0263. The van der Waals surface area contributed by atoms with Gasteiger partial charge in [-0.3, -0.25) is 4.57 Å². The fourth-order valence-corrected chi connectivity index (χ4v) is 6.01. The SMILES string of the molecule is Cc1cc(-c2ccccc2)c(-n2c(-c3coc4cc5ccccc5cc34)nc3ccccc32)c(-c2ccccc2)c1. The molecule has 2 heterocycles. The normalized spacial score (nSPS) is 11.5. The van der Waals surface area contributed by atoms with Gasteiger partial charge in [-0.1, -0.05) is 97.1 Å². The van der Waals surface area contributed by atoms with Gasteiger partial charge in [0.2, 0.25) is 0 Å². The van der Waals surface area contributed by atoms with E-state index in [0.29, 0.717) is 0 Å². The molecule has 0 aliphatic carbocycles. The Labute approximate surface area is 238 Å². The summed E-state index contributed by atoms with van der Waals surface area (Å²) in [5.74, 6) is 0.860. The quantitative estimate of drug-likeness (QED) is 0.228. The van der Waals surface area contributed by atoms with Crippen molar-refractivity contribution in [3.05, 3.63) is 145 Å². The monoisotopic (exact) mass is 526 g/mol. The lowest BCUT2D eigenvalue weighted by Crippen LogP contribution is -2.03. The third kappa shape index (κ3) is 3.86. The maximum atomic E-state index is 6.19. The van der Waals surface area contributed by atoms with Crippen LogP contribution in [0, 0.1) is 6.92 Å². The molecule has 0 unspecified atom stereocenters. The first kappa shape index (κ1) is 23.5. The van der Waals surface area contributed by atoms with Gasteiger partial charge in [-0.25, -0.2) is 4.98 Å². The van der Waals surface area contributed by atoms with Gasteiger partial charge in [0, 0.05) is 16.5 Å². The zero-order valence-electron chi connectivity index (χ0n) is 22.6. The van der Waals surface area contributed by atoms with E-state index in [9.17, 15) is 0 Å². The minimum atomic E-state index is 0.854. The summed E-state index contributed by atoms with van der Waals surface area (Å²) < 4.78 is 8.53. The van der Waals surface area contributed by atoms with E-state index in [1.54, 1.807) is 0 Å². The number of nitrogens with zero attached hydrogens (tertiary/aromatic N) is 2. The summed E-state index contributed by atoms with van der Waals surface area (Å²) in [6.45, 7) is 2.17. The van der Waals surface area contributed by atoms with Crippen LogP contribution in [0.3, 0.4) is 0 Å². The smallest absolute Gasteiger partial charge is 0.149 e. The molecule has 0 amide bonds. The lowest BCUT2D eigenvalue weighted by molar-refractivity contribution is 0.617. The first-order chi connectivity index (χ1) is 20.2. The zero-order chi connectivity index (χ0) is 27.3. The Morgan fingerprint density at radius 3 is 1.85 bits per heavy atom. The molecule has 3 nitrogen and oxygen atoms in total. The average Bonchev–Trinajstić information content (AvgIpc) is 3.61. The number of benzene rings is 6. The van der Waals surface area contributed by atoms with E-state index in [-0.39, 0.29) is 0 Å². The summed E-state index contributed by atoms with van der Waals surface area (Å²) in [6, 6.07) is 47.0. The molecule has 0 aliphatic rings. The molecule has 0 atom stereocenters. The van der Waals surface area contributed by atoms with Gasteiger partial charge in [0.15, 0.2) is 0 Å². The van der Waals surface area contributed by atoms with E-state index in [0.717, 1.165) is 66.7 Å². The molecule has 0 bridgehead atoms. The van der Waals surface area contributed by atoms with Crippen molar-refractivity contribution in [2.45, 2.75) is 6.92 Å². The minimum Gasteiger partial charge on any atom is -0.464 e. The van der Waals surface area contributed by atoms with Gasteiger partial charge in [-0.05, 0) is 70.8 Å². The van der Waals surface area contributed by atoms with Crippen LogP contribution < -0.4 is 0 Å². The first-order valence-electron chi connectivity index (χ1n) is 13.9. The van der Waals surface area contributed by atoms with Crippen molar-refractivity contribution in [1.29, 1.82) is 0 Å². The molecule has 8 aromatic rings. The number of rotatable bonds is 4. The van der Waals surface area contributed by atoms with Crippen LogP contribution in [0.1, 0.15) is 5.56 Å². The summed E-state index contributed by atoms with van der Waals surface area (Å²) >= 11 is 0. The molecule has 0 saturated heterocycles. The van der Waals surface area contributed by atoms with Crippen molar-refractivity contribution in [3.63, 3.8) is 0 Å².